The molecular weight excluding hydrogens is 136 g/mol. The molecule has 0 saturated carbocycles. The average Bonchev–Trinajstić information content (AvgIpc) is 2.39. The van der Waals surface area contributed by atoms with Gasteiger partial charge in [-0.05, 0) is 24.6 Å². The highest BCUT2D eigenvalue weighted by Crippen LogP contribution is 2.12. The lowest BCUT2D eigenvalue weighted by Crippen LogP contribution is -1.86. The number of hydrogen-bond donors (Lipinski definition) is 0. The fourth-order valence-electron chi connectivity index (χ4n) is 0.774. The monoisotopic (exact) mass is 148 g/mol. The van der Waals surface area contributed by atoms with Crippen LogP contribution >= 0.6 is 0 Å². The van der Waals surface area contributed by atoms with E-state index in [1.807, 2.05) is 19.1 Å². The van der Waals surface area contributed by atoms with Crippen molar-refractivity contribution in [3.8, 4) is 0 Å². The molecule has 1 nitrogen and oxygen atoms in total. The van der Waals surface area contributed by atoms with E-state index in [0.29, 0.717) is 0 Å². The summed E-state index contributed by atoms with van der Waals surface area (Å²) in [5, 5.41) is 0. The van der Waals surface area contributed by atoms with Crippen molar-refractivity contribution >= 4 is 0 Å². The molecule has 0 aliphatic carbocycles. The average molecular weight is 148 g/mol. The van der Waals surface area contributed by atoms with Crippen molar-refractivity contribution in [3.05, 3.63) is 48.5 Å². The van der Waals surface area contributed by atoms with Gasteiger partial charge in [0.25, 0.3) is 0 Å². The first-order valence-corrected chi connectivity index (χ1v) is 3.56. The summed E-state index contributed by atoms with van der Waals surface area (Å²) >= 11 is 0. The van der Waals surface area contributed by atoms with E-state index in [9.17, 15) is 0 Å². The molecule has 11 heavy (non-hydrogen) atoms. The van der Waals surface area contributed by atoms with E-state index >= 15 is 0 Å². The van der Waals surface area contributed by atoms with E-state index in [-0.39, 0.29) is 0 Å². The highest BCUT2D eigenvalue weighted by molar-refractivity contribution is 5.26. The van der Waals surface area contributed by atoms with Crippen molar-refractivity contribution in [1.29, 1.82) is 0 Å². The maximum Gasteiger partial charge on any atom is 0.108 e. The minimum absolute atomic E-state index is 0.766. The molecule has 0 aliphatic rings. The first kappa shape index (κ1) is 7.86. The van der Waals surface area contributed by atoms with Gasteiger partial charge in [-0.25, -0.2) is 0 Å². The Bertz CT molecular complexity index is 254. The van der Waals surface area contributed by atoms with E-state index in [0.717, 1.165) is 23.3 Å². The SMILES string of the molecule is C=C(C)C(=C)Cc1ccco1. The van der Waals surface area contributed by atoms with Gasteiger partial charge in [-0.2, -0.15) is 0 Å². The third-order valence-electron chi connectivity index (χ3n) is 1.57. The minimum Gasteiger partial charge on any atom is -0.469 e. The first-order valence-electron chi connectivity index (χ1n) is 3.56. The van der Waals surface area contributed by atoms with Crippen molar-refractivity contribution in [2.75, 3.05) is 0 Å². The van der Waals surface area contributed by atoms with Gasteiger partial charge in [-0.1, -0.05) is 18.7 Å². The van der Waals surface area contributed by atoms with E-state index in [1.54, 1.807) is 6.26 Å². The van der Waals surface area contributed by atoms with Crippen molar-refractivity contribution in [3.63, 3.8) is 0 Å². The number of allylic oxidation sites excluding steroid dienone is 2. The van der Waals surface area contributed by atoms with Crippen LogP contribution in [0.2, 0.25) is 0 Å². The lowest BCUT2D eigenvalue weighted by atomic mass is 10.1. The maximum absolute atomic E-state index is 5.15. The Morgan fingerprint density at radius 3 is 2.73 bits per heavy atom. The molecule has 0 unspecified atom stereocenters. The van der Waals surface area contributed by atoms with Gasteiger partial charge in [0.05, 0.1) is 6.26 Å². The standard InChI is InChI=1S/C10H12O/c1-8(2)9(3)7-10-5-4-6-11-10/h4-6H,1,3,7H2,2H3. The molecule has 1 rings (SSSR count). The van der Waals surface area contributed by atoms with Crippen molar-refractivity contribution in [2.45, 2.75) is 13.3 Å². The third-order valence-corrected chi connectivity index (χ3v) is 1.57. The molecule has 0 amide bonds. The predicted octanol–water partition coefficient (Wildman–Crippen LogP) is 2.95. The lowest BCUT2D eigenvalue weighted by molar-refractivity contribution is 0.520. The second kappa shape index (κ2) is 3.24. The summed E-state index contributed by atoms with van der Waals surface area (Å²) in [6, 6.07) is 3.81. The lowest BCUT2D eigenvalue weighted by Gasteiger charge is -2.00. The van der Waals surface area contributed by atoms with Gasteiger partial charge in [0.2, 0.25) is 0 Å². The molecule has 0 aliphatic heterocycles. The summed E-state index contributed by atoms with van der Waals surface area (Å²) in [5.74, 6) is 0.943. The van der Waals surface area contributed by atoms with Crippen LogP contribution in [0, 0.1) is 0 Å². The van der Waals surface area contributed by atoms with Gasteiger partial charge in [0, 0.05) is 6.42 Å². The Morgan fingerprint density at radius 1 is 1.55 bits per heavy atom. The highest BCUT2D eigenvalue weighted by Gasteiger charge is 1.98. The molecule has 58 valence electrons. The molecule has 1 heterocycles. The molecule has 0 N–H and O–H groups in total. The maximum atomic E-state index is 5.15. The first-order chi connectivity index (χ1) is 5.20. The third kappa shape index (κ3) is 2.11. The largest absolute Gasteiger partial charge is 0.469 e. The smallest absolute Gasteiger partial charge is 0.108 e. The summed E-state index contributed by atoms with van der Waals surface area (Å²) in [5.41, 5.74) is 2.04. The highest BCUT2D eigenvalue weighted by atomic mass is 16.3. The normalized spacial score (nSPS) is 9.55. The molecule has 1 aromatic rings. The zero-order valence-corrected chi connectivity index (χ0v) is 6.76. The number of hydrogen-bond acceptors (Lipinski definition) is 1. The van der Waals surface area contributed by atoms with Crippen LogP contribution in [0.4, 0.5) is 0 Å². The minimum atomic E-state index is 0.766. The second-order valence-corrected chi connectivity index (χ2v) is 2.64. The number of furan rings is 1. The molecule has 0 saturated heterocycles. The van der Waals surface area contributed by atoms with E-state index in [4.69, 9.17) is 4.42 Å². The van der Waals surface area contributed by atoms with Gasteiger partial charge in [-0.3, -0.25) is 0 Å². The Balaban J connectivity index is 2.57. The second-order valence-electron chi connectivity index (χ2n) is 2.64. The Kier molecular flexibility index (Phi) is 2.32. The summed E-state index contributed by atoms with van der Waals surface area (Å²) in [7, 11) is 0. The summed E-state index contributed by atoms with van der Waals surface area (Å²) in [6.07, 6.45) is 2.43. The molecular formula is C10H12O. The van der Waals surface area contributed by atoms with Crippen LogP contribution in [0.25, 0.3) is 0 Å². The van der Waals surface area contributed by atoms with Gasteiger partial charge < -0.3 is 4.42 Å². The molecule has 0 atom stereocenters. The van der Waals surface area contributed by atoms with Crippen LogP contribution < -0.4 is 0 Å². The molecule has 0 fully saturated rings. The van der Waals surface area contributed by atoms with Crippen molar-refractivity contribution in [2.24, 2.45) is 0 Å². The van der Waals surface area contributed by atoms with Gasteiger partial charge >= 0.3 is 0 Å². The van der Waals surface area contributed by atoms with Crippen molar-refractivity contribution in [1.82, 2.24) is 0 Å². The predicted molar refractivity (Wildman–Crippen MR) is 46.4 cm³/mol. The molecule has 1 aromatic heterocycles. The molecule has 0 aromatic carbocycles. The van der Waals surface area contributed by atoms with E-state index in [1.165, 1.54) is 0 Å². The summed E-state index contributed by atoms with van der Waals surface area (Å²) in [4.78, 5) is 0. The van der Waals surface area contributed by atoms with Crippen LogP contribution in [0.1, 0.15) is 12.7 Å². The zero-order chi connectivity index (χ0) is 8.27. The van der Waals surface area contributed by atoms with Gasteiger partial charge in [0.15, 0.2) is 0 Å². The number of rotatable bonds is 3. The molecule has 0 radical (unpaired) electrons. The van der Waals surface area contributed by atoms with E-state index in [2.05, 4.69) is 13.2 Å². The Hall–Kier alpha value is -1.24. The Labute approximate surface area is 67.0 Å². The van der Waals surface area contributed by atoms with Crippen LogP contribution in [0.3, 0.4) is 0 Å². The topological polar surface area (TPSA) is 13.1 Å². The Morgan fingerprint density at radius 2 is 2.27 bits per heavy atom. The van der Waals surface area contributed by atoms with E-state index < -0.39 is 0 Å². The molecule has 1 heteroatoms. The quantitative estimate of drug-likeness (QED) is 0.600. The van der Waals surface area contributed by atoms with Crippen LogP contribution in [0.15, 0.2) is 47.1 Å². The fraction of sp³-hybridized carbons (Fsp3) is 0.200. The van der Waals surface area contributed by atoms with Gasteiger partial charge in [0.1, 0.15) is 5.76 Å². The fourth-order valence-corrected chi connectivity index (χ4v) is 0.774. The van der Waals surface area contributed by atoms with Gasteiger partial charge in [-0.15, -0.1) is 0 Å². The zero-order valence-electron chi connectivity index (χ0n) is 6.76. The molecule has 0 bridgehead atoms. The van der Waals surface area contributed by atoms with Crippen molar-refractivity contribution < 1.29 is 4.42 Å². The summed E-state index contributed by atoms with van der Waals surface area (Å²) < 4.78 is 5.15. The van der Waals surface area contributed by atoms with Crippen LogP contribution in [-0.2, 0) is 6.42 Å². The molecule has 0 spiro atoms. The van der Waals surface area contributed by atoms with Crippen LogP contribution in [0.5, 0.6) is 0 Å². The van der Waals surface area contributed by atoms with Crippen LogP contribution in [-0.4, -0.2) is 0 Å². The summed E-state index contributed by atoms with van der Waals surface area (Å²) in [6.45, 7) is 9.61.